The third-order valence-corrected chi connectivity index (χ3v) is 6.00. The van der Waals surface area contributed by atoms with E-state index in [4.69, 9.17) is 16.0 Å². The van der Waals surface area contributed by atoms with Crippen LogP contribution in [-0.2, 0) is 10.5 Å². The standard InChI is InChI=1S/C19H13ClN2O4S2/c1-25-18(24)14-7-6-12(26-14)8-28-19-21-16(23)15-13(9-27-17(15)22-19)10-2-4-11(20)5-3-10/h2-7,9H,8H2,1H3,(H,21,22,23). The molecule has 142 valence electrons. The van der Waals surface area contributed by atoms with Gasteiger partial charge in [0.2, 0.25) is 5.76 Å². The normalized spacial score (nSPS) is 11.1. The first-order valence-corrected chi connectivity index (χ1v) is 10.4. The molecule has 0 radical (unpaired) electrons. The molecule has 0 saturated heterocycles. The fourth-order valence-electron chi connectivity index (χ4n) is 2.64. The van der Waals surface area contributed by atoms with Crippen LogP contribution in [0.15, 0.2) is 56.1 Å². The number of rotatable bonds is 5. The van der Waals surface area contributed by atoms with Crippen molar-refractivity contribution in [2.75, 3.05) is 7.11 Å². The van der Waals surface area contributed by atoms with Crippen molar-refractivity contribution in [3.8, 4) is 11.1 Å². The molecule has 0 bridgehead atoms. The van der Waals surface area contributed by atoms with Gasteiger partial charge in [-0.2, -0.15) is 0 Å². The Morgan fingerprint density at radius 3 is 2.82 bits per heavy atom. The van der Waals surface area contributed by atoms with Crippen LogP contribution in [0.1, 0.15) is 16.3 Å². The van der Waals surface area contributed by atoms with Gasteiger partial charge < -0.3 is 14.1 Å². The van der Waals surface area contributed by atoms with Crippen molar-refractivity contribution in [1.29, 1.82) is 0 Å². The summed E-state index contributed by atoms with van der Waals surface area (Å²) in [5.41, 5.74) is 1.54. The number of carbonyl (C=O) groups is 1. The number of thioether (sulfide) groups is 1. The fraction of sp³-hybridized carbons (Fsp3) is 0.105. The van der Waals surface area contributed by atoms with E-state index in [9.17, 15) is 9.59 Å². The topological polar surface area (TPSA) is 85.2 Å². The Labute approximate surface area is 172 Å². The van der Waals surface area contributed by atoms with Gasteiger partial charge in [0, 0.05) is 16.0 Å². The largest absolute Gasteiger partial charge is 0.463 e. The van der Waals surface area contributed by atoms with Crippen LogP contribution in [0, 0.1) is 0 Å². The monoisotopic (exact) mass is 432 g/mol. The van der Waals surface area contributed by atoms with Gasteiger partial charge in [-0.15, -0.1) is 11.3 Å². The van der Waals surface area contributed by atoms with Gasteiger partial charge in [-0.05, 0) is 29.8 Å². The Bertz CT molecular complexity index is 1210. The van der Waals surface area contributed by atoms with E-state index in [1.807, 2.05) is 17.5 Å². The summed E-state index contributed by atoms with van der Waals surface area (Å²) in [6.45, 7) is 0. The number of furan rings is 1. The number of methoxy groups -OCH3 is 1. The van der Waals surface area contributed by atoms with E-state index < -0.39 is 5.97 Å². The molecule has 0 spiro atoms. The minimum atomic E-state index is -0.530. The number of aromatic amines is 1. The number of H-pyrrole nitrogens is 1. The smallest absolute Gasteiger partial charge is 0.373 e. The third kappa shape index (κ3) is 3.71. The summed E-state index contributed by atoms with van der Waals surface area (Å²) in [6, 6.07) is 10.6. The molecular formula is C19H13ClN2O4S2. The first-order valence-electron chi connectivity index (χ1n) is 8.12. The van der Waals surface area contributed by atoms with Gasteiger partial charge in [-0.25, -0.2) is 9.78 Å². The number of aromatic nitrogens is 2. The summed E-state index contributed by atoms with van der Waals surface area (Å²) in [7, 11) is 1.29. The first kappa shape index (κ1) is 18.8. The number of hydrogen-bond acceptors (Lipinski definition) is 7. The van der Waals surface area contributed by atoms with Crippen LogP contribution < -0.4 is 5.56 Å². The maximum absolute atomic E-state index is 12.7. The molecule has 1 aromatic carbocycles. The lowest BCUT2D eigenvalue weighted by Crippen LogP contribution is -2.08. The average molecular weight is 433 g/mol. The number of halogens is 1. The highest BCUT2D eigenvalue weighted by atomic mass is 35.5. The summed E-state index contributed by atoms with van der Waals surface area (Å²) >= 11 is 8.67. The summed E-state index contributed by atoms with van der Waals surface area (Å²) in [6.07, 6.45) is 0. The van der Waals surface area contributed by atoms with Crippen molar-refractivity contribution in [2.24, 2.45) is 0 Å². The van der Waals surface area contributed by atoms with Crippen LogP contribution in [0.3, 0.4) is 0 Å². The highest BCUT2D eigenvalue weighted by Crippen LogP contribution is 2.32. The van der Waals surface area contributed by atoms with E-state index >= 15 is 0 Å². The third-order valence-electron chi connectivity index (χ3n) is 3.98. The molecule has 0 unspecified atom stereocenters. The van der Waals surface area contributed by atoms with E-state index in [0.29, 0.717) is 31.9 Å². The predicted molar refractivity (Wildman–Crippen MR) is 110 cm³/mol. The lowest BCUT2D eigenvalue weighted by Gasteiger charge is -2.02. The predicted octanol–water partition coefficient (Wildman–Crippen LogP) is 4.98. The number of hydrogen-bond donors (Lipinski definition) is 1. The maximum Gasteiger partial charge on any atom is 0.373 e. The Kier molecular flexibility index (Phi) is 5.25. The van der Waals surface area contributed by atoms with Crippen molar-refractivity contribution in [3.05, 3.63) is 68.7 Å². The van der Waals surface area contributed by atoms with Crippen molar-refractivity contribution in [1.82, 2.24) is 9.97 Å². The van der Waals surface area contributed by atoms with Crippen LogP contribution in [0.2, 0.25) is 5.02 Å². The summed E-state index contributed by atoms with van der Waals surface area (Å²) in [4.78, 5) is 32.1. The quantitative estimate of drug-likeness (QED) is 0.272. The summed E-state index contributed by atoms with van der Waals surface area (Å²) in [5, 5.41) is 3.60. The summed E-state index contributed by atoms with van der Waals surface area (Å²) < 4.78 is 10.0. The van der Waals surface area contributed by atoms with Gasteiger partial charge in [0.15, 0.2) is 5.16 Å². The number of nitrogens with one attached hydrogen (secondary N) is 1. The van der Waals surface area contributed by atoms with Gasteiger partial charge in [-0.3, -0.25) is 4.79 Å². The average Bonchev–Trinajstić information content (AvgIpc) is 3.34. The van der Waals surface area contributed by atoms with Crippen molar-refractivity contribution in [2.45, 2.75) is 10.9 Å². The van der Waals surface area contributed by atoms with E-state index in [1.165, 1.54) is 30.2 Å². The second-order valence-electron chi connectivity index (χ2n) is 5.75. The van der Waals surface area contributed by atoms with Crippen LogP contribution in [-0.4, -0.2) is 23.0 Å². The molecule has 0 aliphatic carbocycles. The molecule has 6 nitrogen and oxygen atoms in total. The van der Waals surface area contributed by atoms with Gasteiger partial charge in [0.1, 0.15) is 10.6 Å². The molecule has 0 fully saturated rings. The molecule has 9 heteroatoms. The number of ether oxygens (including phenoxy) is 1. The Morgan fingerprint density at radius 1 is 1.29 bits per heavy atom. The number of carbonyl (C=O) groups excluding carboxylic acids is 1. The maximum atomic E-state index is 12.7. The highest BCUT2D eigenvalue weighted by molar-refractivity contribution is 7.98. The van der Waals surface area contributed by atoms with Crippen LogP contribution >= 0.6 is 34.7 Å². The Morgan fingerprint density at radius 2 is 2.07 bits per heavy atom. The highest BCUT2D eigenvalue weighted by Gasteiger charge is 2.15. The minimum absolute atomic E-state index is 0.140. The zero-order valence-electron chi connectivity index (χ0n) is 14.5. The van der Waals surface area contributed by atoms with Crippen LogP contribution in [0.25, 0.3) is 21.3 Å². The Hall–Kier alpha value is -2.55. The van der Waals surface area contributed by atoms with Crippen molar-refractivity contribution >= 4 is 50.9 Å². The van der Waals surface area contributed by atoms with E-state index in [-0.39, 0.29) is 11.3 Å². The van der Waals surface area contributed by atoms with Gasteiger partial charge >= 0.3 is 5.97 Å². The molecule has 0 amide bonds. The molecule has 1 N–H and O–H groups in total. The van der Waals surface area contributed by atoms with Crippen molar-refractivity contribution < 1.29 is 13.9 Å². The molecular weight excluding hydrogens is 420 g/mol. The van der Waals surface area contributed by atoms with Crippen LogP contribution in [0.4, 0.5) is 0 Å². The van der Waals surface area contributed by atoms with E-state index in [1.54, 1.807) is 24.3 Å². The number of fused-ring (bicyclic) bond motifs is 1. The van der Waals surface area contributed by atoms with E-state index in [0.717, 1.165) is 11.1 Å². The van der Waals surface area contributed by atoms with Crippen molar-refractivity contribution in [3.63, 3.8) is 0 Å². The number of thiophene rings is 1. The lowest BCUT2D eigenvalue weighted by atomic mass is 10.1. The number of esters is 1. The second kappa shape index (κ2) is 7.83. The molecule has 0 atom stereocenters. The molecule has 4 aromatic rings. The lowest BCUT2D eigenvalue weighted by molar-refractivity contribution is 0.0563. The molecule has 0 aliphatic heterocycles. The Balaban J connectivity index is 1.58. The summed E-state index contributed by atoms with van der Waals surface area (Å²) in [5.74, 6) is 0.612. The molecule has 4 rings (SSSR count). The zero-order valence-corrected chi connectivity index (χ0v) is 16.9. The molecule has 0 saturated carbocycles. The first-order chi connectivity index (χ1) is 13.5. The zero-order chi connectivity index (χ0) is 19.7. The molecule has 3 heterocycles. The molecule has 0 aliphatic rings. The van der Waals surface area contributed by atoms with Gasteiger partial charge in [-0.1, -0.05) is 35.5 Å². The second-order valence-corrected chi connectivity index (χ2v) is 8.01. The molecule has 28 heavy (non-hydrogen) atoms. The molecule has 3 aromatic heterocycles. The fourth-order valence-corrected chi connectivity index (χ4v) is 4.53. The number of nitrogens with zero attached hydrogens (tertiary/aromatic N) is 1. The minimum Gasteiger partial charge on any atom is -0.463 e. The van der Waals surface area contributed by atoms with Crippen LogP contribution in [0.5, 0.6) is 0 Å². The van der Waals surface area contributed by atoms with Gasteiger partial charge in [0.25, 0.3) is 5.56 Å². The van der Waals surface area contributed by atoms with Gasteiger partial charge in [0.05, 0.1) is 18.2 Å². The SMILES string of the molecule is COC(=O)c1ccc(CSc2nc3scc(-c4ccc(Cl)cc4)c3c(=O)[nH]2)o1. The number of benzene rings is 1. The van der Waals surface area contributed by atoms with E-state index in [2.05, 4.69) is 14.7 Å².